The van der Waals surface area contributed by atoms with Crippen LogP contribution in [0.5, 0.6) is 0 Å². The smallest absolute Gasteiger partial charge is 0.222 e. The Bertz CT molecular complexity index is 324. The molecule has 0 saturated carbocycles. The monoisotopic (exact) mass is 240 g/mol. The minimum Gasteiger partial charge on any atom is -0.396 e. The Balaban J connectivity index is 2.32. The maximum absolute atomic E-state index is 11.7. The number of hydrogen-bond donors (Lipinski definition) is 2. The molecular weight excluding hydrogens is 220 g/mol. The summed E-state index contributed by atoms with van der Waals surface area (Å²) in [5, 5.41) is 15.7. The molecule has 0 fully saturated rings. The van der Waals surface area contributed by atoms with Crippen LogP contribution in [0.1, 0.15) is 26.7 Å². The zero-order valence-corrected chi connectivity index (χ0v) is 10.3. The van der Waals surface area contributed by atoms with Crippen molar-refractivity contribution >= 4 is 5.91 Å². The number of nitrogens with zero attached hydrogens (tertiary/aromatic N) is 3. The topological polar surface area (TPSA) is 80.0 Å². The number of aryl methyl sites for hydroxylation is 1. The summed E-state index contributed by atoms with van der Waals surface area (Å²) in [6.07, 6.45) is 3.99. The average molecular weight is 240 g/mol. The van der Waals surface area contributed by atoms with Crippen LogP contribution in [0, 0.1) is 5.92 Å². The third kappa shape index (κ3) is 4.95. The molecule has 0 aromatic carbocycles. The lowest BCUT2D eigenvalue weighted by molar-refractivity contribution is -0.122. The van der Waals surface area contributed by atoms with Crippen LogP contribution >= 0.6 is 0 Å². The van der Waals surface area contributed by atoms with Crippen LogP contribution in [0.25, 0.3) is 0 Å². The molecule has 1 aromatic rings. The highest BCUT2D eigenvalue weighted by Crippen LogP contribution is 2.05. The lowest BCUT2D eigenvalue weighted by atomic mass is 10.0. The standard InChI is InChI=1S/C11H20N4O2/c1-9(2)10(4-6-16)14-11(17)3-5-15-8-12-7-13-15/h7-10,16H,3-6H2,1-2H3,(H,14,17). The molecule has 0 bridgehead atoms. The maximum atomic E-state index is 11.7. The second-order valence-corrected chi connectivity index (χ2v) is 4.34. The van der Waals surface area contributed by atoms with E-state index in [9.17, 15) is 4.79 Å². The van der Waals surface area contributed by atoms with Crippen LogP contribution in [0.2, 0.25) is 0 Å². The molecule has 6 nitrogen and oxygen atoms in total. The van der Waals surface area contributed by atoms with Gasteiger partial charge in [-0.05, 0) is 12.3 Å². The molecule has 0 saturated heterocycles. The molecular formula is C11H20N4O2. The highest BCUT2D eigenvalue weighted by molar-refractivity contribution is 5.76. The van der Waals surface area contributed by atoms with Crippen LogP contribution in [0.3, 0.4) is 0 Å². The number of aliphatic hydroxyl groups is 1. The van der Waals surface area contributed by atoms with Crippen LogP contribution in [-0.2, 0) is 11.3 Å². The maximum Gasteiger partial charge on any atom is 0.222 e. The molecule has 0 aliphatic rings. The van der Waals surface area contributed by atoms with Crippen molar-refractivity contribution in [2.45, 2.75) is 39.3 Å². The Morgan fingerprint density at radius 3 is 2.82 bits per heavy atom. The van der Waals surface area contributed by atoms with E-state index in [1.807, 2.05) is 13.8 Å². The van der Waals surface area contributed by atoms with Crippen molar-refractivity contribution in [2.75, 3.05) is 6.61 Å². The van der Waals surface area contributed by atoms with Gasteiger partial charge in [-0.3, -0.25) is 9.48 Å². The summed E-state index contributed by atoms with van der Waals surface area (Å²) in [6.45, 7) is 4.66. The molecule has 0 spiro atoms. The van der Waals surface area contributed by atoms with Gasteiger partial charge in [0.15, 0.2) is 0 Å². The first-order valence-electron chi connectivity index (χ1n) is 5.86. The summed E-state index contributed by atoms with van der Waals surface area (Å²) >= 11 is 0. The fraction of sp³-hybridized carbons (Fsp3) is 0.727. The summed E-state index contributed by atoms with van der Waals surface area (Å²) in [6, 6.07) is 0.0308. The Morgan fingerprint density at radius 2 is 2.29 bits per heavy atom. The molecule has 1 amide bonds. The zero-order chi connectivity index (χ0) is 12.7. The van der Waals surface area contributed by atoms with Crippen LogP contribution < -0.4 is 5.32 Å². The van der Waals surface area contributed by atoms with Crippen molar-refractivity contribution in [3.05, 3.63) is 12.7 Å². The van der Waals surface area contributed by atoms with Gasteiger partial charge in [-0.25, -0.2) is 4.98 Å². The van der Waals surface area contributed by atoms with Gasteiger partial charge in [0.2, 0.25) is 5.91 Å². The van der Waals surface area contributed by atoms with Gasteiger partial charge in [-0.1, -0.05) is 13.8 Å². The van der Waals surface area contributed by atoms with Crippen molar-refractivity contribution in [1.29, 1.82) is 0 Å². The van der Waals surface area contributed by atoms with E-state index in [0.717, 1.165) is 0 Å². The van der Waals surface area contributed by atoms with Gasteiger partial charge in [0.25, 0.3) is 0 Å². The molecule has 0 aliphatic heterocycles. The van der Waals surface area contributed by atoms with E-state index in [1.54, 1.807) is 11.0 Å². The number of aliphatic hydroxyl groups excluding tert-OH is 1. The lowest BCUT2D eigenvalue weighted by Gasteiger charge is -2.21. The molecule has 2 N–H and O–H groups in total. The summed E-state index contributed by atoms with van der Waals surface area (Å²) in [4.78, 5) is 15.5. The lowest BCUT2D eigenvalue weighted by Crippen LogP contribution is -2.39. The van der Waals surface area contributed by atoms with Crippen LogP contribution in [0.4, 0.5) is 0 Å². The molecule has 0 aliphatic carbocycles. The Morgan fingerprint density at radius 1 is 1.53 bits per heavy atom. The number of carbonyl (C=O) groups is 1. The van der Waals surface area contributed by atoms with E-state index in [0.29, 0.717) is 25.3 Å². The summed E-state index contributed by atoms with van der Waals surface area (Å²) in [5.74, 6) is 0.296. The predicted molar refractivity (Wildman–Crippen MR) is 63.1 cm³/mol. The van der Waals surface area contributed by atoms with Gasteiger partial charge in [0.05, 0.1) is 6.54 Å². The third-order valence-electron chi connectivity index (χ3n) is 2.63. The van der Waals surface area contributed by atoms with Crippen LogP contribution in [-0.4, -0.2) is 38.4 Å². The molecule has 96 valence electrons. The third-order valence-corrected chi connectivity index (χ3v) is 2.63. The number of nitrogens with one attached hydrogen (secondary N) is 1. The minimum absolute atomic E-state index is 0.0207. The molecule has 1 aromatic heterocycles. The number of hydrogen-bond acceptors (Lipinski definition) is 4. The molecule has 1 unspecified atom stereocenters. The van der Waals surface area contributed by atoms with Gasteiger partial charge in [0.1, 0.15) is 12.7 Å². The van der Waals surface area contributed by atoms with Gasteiger partial charge in [-0.2, -0.15) is 5.10 Å². The van der Waals surface area contributed by atoms with Crippen LogP contribution in [0.15, 0.2) is 12.7 Å². The van der Waals surface area contributed by atoms with Crippen molar-refractivity contribution in [1.82, 2.24) is 20.1 Å². The highest BCUT2D eigenvalue weighted by atomic mass is 16.3. The molecule has 1 rings (SSSR count). The Kier molecular flexibility index (Phi) is 5.62. The second-order valence-electron chi connectivity index (χ2n) is 4.34. The number of rotatable bonds is 7. The summed E-state index contributed by atoms with van der Waals surface area (Å²) in [5.41, 5.74) is 0. The van der Waals surface area contributed by atoms with Crippen molar-refractivity contribution < 1.29 is 9.90 Å². The van der Waals surface area contributed by atoms with Gasteiger partial charge < -0.3 is 10.4 Å². The van der Waals surface area contributed by atoms with Gasteiger partial charge in [0, 0.05) is 19.1 Å². The predicted octanol–water partition coefficient (Wildman–Crippen LogP) is 0.191. The Hall–Kier alpha value is -1.43. The first-order valence-corrected chi connectivity index (χ1v) is 5.86. The summed E-state index contributed by atoms with van der Waals surface area (Å²) in [7, 11) is 0. The van der Waals surface area contributed by atoms with Crippen molar-refractivity contribution in [3.63, 3.8) is 0 Å². The van der Waals surface area contributed by atoms with E-state index in [4.69, 9.17) is 5.11 Å². The Labute approximate surface area is 101 Å². The fourth-order valence-corrected chi connectivity index (χ4v) is 1.55. The normalized spacial score (nSPS) is 12.7. The molecule has 0 radical (unpaired) electrons. The first kappa shape index (κ1) is 13.6. The van der Waals surface area contributed by atoms with Crippen molar-refractivity contribution in [3.8, 4) is 0 Å². The molecule has 6 heteroatoms. The van der Waals surface area contributed by atoms with E-state index in [-0.39, 0.29) is 18.6 Å². The molecule has 1 atom stereocenters. The van der Waals surface area contributed by atoms with E-state index in [2.05, 4.69) is 15.4 Å². The van der Waals surface area contributed by atoms with Gasteiger partial charge in [-0.15, -0.1) is 0 Å². The number of amides is 1. The first-order chi connectivity index (χ1) is 8.13. The molecule has 17 heavy (non-hydrogen) atoms. The zero-order valence-electron chi connectivity index (χ0n) is 10.3. The second kappa shape index (κ2) is 7.01. The SMILES string of the molecule is CC(C)C(CCO)NC(=O)CCn1cncn1. The van der Waals surface area contributed by atoms with E-state index >= 15 is 0 Å². The average Bonchev–Trinajstić information content (AvgIpc) is 2.78. The number of carbonyl (C=O) groups excluding carboxylic acids is 1. The van der Waals surface area contributed by atoms with E-state index < -0.39 is 0 Å². The highest BCUT2D eigenvalue weighted by Gasteiger charge is 2.15. The summed E-state index contributed by atoms with van der Waals surface area (Å²) < 4.78 is 1.62. The molecule has 1 heterocycles. The quantitative estimate of drug-likeness (QED) is 0.713. The fourth-order valence-electron chi connectivity index (χ4n) is 1.55. The van der Waals surface area contributed by atoms with Gasteiger partial charge >= 0.3 is 0 Å². The van der Waals surface area contributed by atoms with E-state index in [1.165, 1.54) is 6.33 Å². The number of aromatic nitrogens is 3. The largest absolute Gasteiger partial charge is 0.396 e. The minimum atomic E-state index is -0.0207. The van der Waals surface area contributed by atoms with Crippen molar-refractivity contribution in [2.24, 2.45) is 5.92 Å².